The molecular formula is C27H38N2O2. The number of hydrogen-bond donors (Lipinski definition) is 0. The van der Waals surface area contributed by atoms with E-state index in [1.165, 1.54) is 44.3 Å². The van der Waals surface area contributed by atoms with Gasteiger partial charge < -0.3 is 9.47 Å². The molecule has 0 aromatic heterocycles. The van der Waals surface area contributed by atoms with Crippen molar-refractivity contribution in [2.24, 2.45) is 5.92 Å². The highest BCUT2D eigenvalue weighted by molar-refractivity contribution is 5.33. The van der Waals surface area contributed by atoms with Gasteiger partial charge in [0, 0.05) is 39.3 Å². The van der Waals surface area contributed by atoms with Crippen LogP contribution in [-0.4, -0.2) is 62.3 Å². The van der Waals surface area contributed by atoms with Gasteiger partial charge in [0.1, 0.15) is 5.75 Å². The second-order valence-electron chi connectivity index (χ2n) is 9.14. The van der Waals surface area contributed by atoms with Crippen LogP contribution in [0.15, 0.2) is 48.5 Å². The lowest BCUT2D eigenvalue weighted by molar-refractivity contribution is 0.0843. The van der Waals surface area contributed by atoms with E-state index in [1.807, 2.05) is 13.0 Å². The van der Waals surface area contributed by atoms with Crippen molar-refractivity contribution in [1.82, 2.24) is 9.80 Å². The number of nitrogens with zero attached hydrogens (tertiary/aromatic N) is 2. The quantitative estimate of drug-likeness (QED) is 0.566. The summed E-state index contributed by atoms with van der Waals surface area (Å²) in [5.41, 5.74) is 4.44. The van der Waals surface area contributed by atoms with E-state index in [-0.39, 0.29) is 0 Å². The second-order valence-corrected chi connectivity index (χ2v) is 9.14. The van der Waals surface area contributed by atoms with Crippen LogP contribution in [0.2, 0.25) is 0 Å². The average Bonchev–Trinajstić information content (AvgIpc) is 3.23. The second kappa shape index (κ2) is 11.1. The molecule has 0 unspecified atom stereocenters. The molecule has 0 amide bonds. The predicted molar refractivity (Wildman–Crippen MR) is 127 cm³/mol. The third-order valence-electron chi connectivity index (χ3n) is 6.84. The van der Waals surface area contributed by atoms with Gasteiger partial charge in [-0.15, -0.1) is 0 Å². The highest BCUT2D eigenvalue weighted by atomic mass is 16.5. The van der Waals surface area contributed by atoms with Crippen LogP contribution >= 0.6 is 0 Å². The first-order valence-electron chi connectivity index (χ1n) is 12.0. The summed E-state index contributed by atoms with van der Waals surface area (Å²) in [6.45, 7) is 9.06. The molecule has 2 aromatic carbocycles. The maximum absolute atomic E-state index is 5.71. The predicted octanol–water partition coefficient (Wildman–Crippen LogP) is 4.41. The lowest BCUT2D eigenvalue weighted by Gasteiger charge is -2.38. The Morgan fingerprint density at radius 2 is 1.87 bits per heavy atom. The van der Waals surface area contributed by atoms with E-state index in [0.717, 1.165) is 37.9 Å². The number of ether oxygens (including phenoxy) is 2. The van der Waals surface area contributed by atoms with Crippen molar-refractivity contribution in [2.45, 2.75) is 45.2 Å². The Morgan fingerprint density at radius 3 is 2.61 bits per heavy atom. The van der Waals surface area contributed by atoms with E-state index in [1.54, 1.807) is 18.2 Å². The Labute approximate surface area is 188 Å². The molecule has 2 aliphatic rings. The lowest BCUT2D eigenvalue weighted by Crippen LogP contribution is -2.46. The molecule has 1 heterocycles. The summed E-state index contributed by atoms with van der Waals surface area (Å²) >= 11 is 0. The molecule has 1 aliphatic heterocycles. The van der Waals surface area contributed by atoms with Crippen LogP contribution in [0.3, 0.4) is 0 Å². The van der Waals surface area contributed by atoms with E-state index in [4.69, 9.17) is 9.47 Å². The van der Waals surface area contributed by atoms with Crippen molar-refractivity contribution in [3.8, 4) is 5.75 Å². The third kappa shape index (κ3) is 6.09. The summed E-state index contributed by atoms with van der Waals surface area (Å²) in [6, 6.07) is 18.3. The van der Waals surface area contributed by atoms with Crippen LogP contribution in [-0.2, 0) is 24.1 Å². The molecule has 1 aliphatic carbocycles. The van der Waals surface area contributed by atoms with Gasteiger partial charge >= 0.3 is 0 Å². The average molecular weight is 423 g/mol. The van der Waals surface area contributed by atoms with Gasteiger partial charge in [-0.1, -0.05) is 36.4 Å². The zero-order valence-corrected chi connectivity index (χ0v) is 19.3. The van der Waals surface area contributed by atoms with E-state index in [0.29, 0.717) is 12.6 Å². The Balaban J connectivity index is 1.36. The van der Waals surface area contributed by atoms with Gasteiger partial charge in [-0.05, 0) is 73.9 Å². The molecule has 1 saturated heterocycles. The number of likely N-dealkylation sites (tertiary alicyclic amines) is 1. The summed E-state index contributed by atoms with van der Waals surface area (Å²) in [7, 11) is 1.80. The van der Waals surface area contributed by atoms with Crippen molar-refractivity contribution >= 4 is 0 Å². The van der Waals surface area contributed by atoms with Gasteiger partial charge in [0.15, 0.2) is 0 Å². The highest BCUT2D eigenvalue weighted by Gasteiger charge is 2.31. The van der Waals surface area contributed by atoms with Gasteiger partial charge in [0.05, 0.1) is 13.2 Å². The summed E-state index contributed by atoms with van der Waals surface area (Å²) < 4.78 is 11.1. The Morgan fingerprint density at radius 1 is 1.06 bits per heavy atom. The van der Waals surface area contributed by atoms with E-state index >= 15 is 0 Å². The monoisotopic (exact) mass is 422 g/mol. The van der Waals surface area contributed by atoms with Crippen LogP contribution < -0.4 is 4.74 Å². The minimum Gasteiger partial charge on any atom is -0.494 e. The van der Waals surface area contributed by atoms with E-state index in [9.17, 15) is 0 Å². The summed E-state index contributed by atoms with van der Waals surface area (Å²) in [6.07, 6.45) is 5.09. The van der Waals surface area contributed by atoms with Crippen LogP contribution in [0.1, 0.15) is 36.5 Å². The number of hydrogen-bond acceptors (Lipinski definition) is 4. The van der Waals surface area contributed by atoms with Crippen LogP contribution in [0.25, 0.3) is 0 Å². The van der Waals surface area contributed by atoms with Crippen LogP contribution in [0.5, 0.6) is 5.75 Å². The summed E-state index contributed by atoms with van der Waals surface area (Å²) in [4.78, 5) is 5.35. The van der Waals surface area contributed by atoms with Crippen LogP contribution in [0, 0.1) is 5.92 Å². The standard InChI is InChI=1S/C27H38N2O2/c1-3-31-27-12-6-8-22(16-27)19-28(14-15-30-2)20-23-9-7-13-29(21-23)26-17-24-10-4-5-11-25(24)18-26/h4-6,8,10-12,16,23,26H,3,7,9,13-15,17-21H2,1-2H3/t23-/m1/s1. The molecule has 0 saturated carbocycles. The Kier molecular flexibility index (Phi) is 8.01. The van der Waals surface area contributed by atoms with Gasteiger partial charge in [-0.2, -0.15) is 0 Å². The fraction of sp³-hybridized carbons (Fsp3) is 0.556. The first-order chi connectivity index (χ1) is 15.2. The number of piperidine rings is 1. The van der Waals surface area contributed by atoms with Crippen molar-refractivity contribution in [3.05, 3.63) is 65.2 Å². The zero-order valence-electron chi connectivity index (χ0n) is 19.3. The van der Waals surface area contributed by atoms with Gasteiger partial charge in [0.25, 0.3) is 0 Å². The Hall–Kier alpha value is -1.88. The number of fused-ring (bicyclic) bond motifs is 1. The molecule has 1 fully saturated rings. The largest absolute Gasteiger partial charge is 0.494 e. The first kappa shape index (κ1) is 22.3. The molecule has 0 N–H and O–H groups in total. The number of rotatable bonds is 10. The molecule has 31 heavy (non-hydrogen) atoms. The minimum atomic E-state index is 0.690. The maximum atomic E-state index is 5.71. The topological polar surface area (TPSA) is 24.9 Å². The normalized spacial score (nSPS) is 19.6. The molecule has 168 valence electrons. The zero-order chi connectivity index (χ0) is 21.5. The minimum absolute atomic E-state index is 0.690. The van der Waals surface area contributed by atoms with Gasteiger partial charge in [-0.25, -0.2) is 0 Å². The molecule has 2 aromatic rings. The van der Waals surface area contributed by atoms with Gasteiger partial charge in [-0.3, -0.25) is 9.80 Å². The molecule has 4 heteroatoms. The number of methoxy groups -OCH3 is 1. The fourth-order valence-corrected chi connectivity index (χ4v) is 5.35. The Bertz CT molecular complexity index is 799. The molecule has 0 radical (unpaired) electrons. The van der Waals surface area contributed by atoms with Crippen molar-refractivity contribution in [3.63, 3.8) is 0 Å². The summed E-state index contributed by atoms with van der Waals surface area (Å²) in [5.74, 6) is 1.70. The van der Waals surface area contributed by atoms with Crippen LogP contribution in [0.4, 0.5) is 0 Å². The van der Waals surface area contributed by atoms with E-state index in [2.05, 4.69) is 52.3 Å². The lowest BCUT2D eigenvalue weighted by atomic mass is 9.95. The smallest absolute Gasteiger partial charge is 0.119 e. The van der Waals surface area contributed by atoms with Gasteiger partial charge in [0.2, 0.25) is 0 Å². The molecule has 0 bridgehead atoms. The molecule has 0 spiro atoms. The van der Waals surface area contributed by atoms with Crippen molar-refractivity contribution in [1.29, 1.82) is 0 Å². The van der Waals surface area contributed by atoms with E-state index < -0.39 is 0 Å². The fourth-order valence-electron chi connectivity index (χ4n) is 5.35. The number of benzene rings is 2. The first-order valence-corrected chi connectivity index (χ1v) is 12.0. The third-order valence-corrected chi connectivity index (χ3v) is 6.84. The molecule has 1 atom stereocenters. The molecule has 4 rings (SSSR count). The maximum Gasteiger partial charge on any atom is 0.119 e. The molecule has 4 nitrogen and oxygen atoms in total. The summed E-state index contributed by atoms with van der Waals surface area (Å²) in [5, 5.41) is 0. The highest BCUT2D eigenvalue weighted by Crippen LogP contribution is 2.29. The SMILES string of the molecule is CCOc1cccc(CN(CCOC)C[C@H]2CCCN(C3Cc4ccccc4C3)C2)c1. The van der Waals surface area contributed by atoms with Crippen molar-refractivity contribution in [2.75, 3.05) is 46.5 Å². The molecular weight excluding hydrogens is 384 g/mol. The van der Waals surface area contributed by atoms with Crippen molar-refractivity contribution < 1.29 is 9.47 Å².